The maximum absolute atomic E-state index is 17.1. The molecule has 4 aliphatic rings. The van der Waals surface area contributed by atoms with Crippen molar-refractivity contribution in [3.8, 4) is 5.75 Å². The third-order valence-electron chi connectivity index (χ3n) is 10.5. The average Bonchev–Trinajstić information content (AvgIpc) is 3.33. The highest BCUT2D eigenvalue weighted by Crippen LogP contribution is 2.68. The summed E-state index contributed by atoms with van der Waals surface area (Å²) in [4.78, 5) is 54.3. The van der Waals surface area contributed by atoms with Gasteiger partial charge in [0.1, 0.15) is 18.9 Å². The Balaban J connectivity index is 1.11. The van der Waals surface area contributed by atoms with Gasteiger partial charge in [0.15, 0.2) is 17.2 Å². The van der Waals surface area contributed by atoms with Crippen LogP contribution in [0.1, 0.15) is 51.5 Å². The number of hydrogen-bond acceptors (Lipinski definition) is 11. The summed E-state index contributed by atoms with van der Waals surface area (Å²) in [5, 5.41) is 30.3. The molecule has 4 aliphatic carbocycles. The highest BCUT2D eigenvalue weighted by atomic mass is 19.1. The van der Waals surface area contributed by atoms with Gasteiger partial charge in [-0.25, -0.2) is 9.18 Å². The number of allylic oxidation sites excluding steroid dienone is 4. The van der Waals surface area contributed by atoms with E-state index in [1.807, 2.05) is 6.92 Å². The van der Waals surface area contributed by atoms with Crippen LogP contribution in [0.4, 0.5) is 9.18 Å². The van der Waals surface area contributed by atoms with Crippen molar-refractivity contribution in [2.24, 2.45) is 28.6 Å². The van der Waals surface area contributed by atoms with Crippen molar-refractivity contribution in [2.45, 2.75) is 64.1 Å². The van der Waals surface area contributed by atoms with Crippen LogP contribution >= 0.6 is 0 Å². The molecule has 0 aliphatic heterocycles. The lowest BCUT2D eigenvalue weighted by Crippen LogP contribution is -2.66. The topological polar surface area (TPSA) is 172 Å². The van der Waals surface area contributed by atoms with E-state index in [0.29, 0.717) is 37.7 Å². The molecule has 3 saturated carbocycles. The van der Waals surface area contributed by atoms with Gasteiger partial charge in [-0.2, -0.15) is 0 Å². The van der Waals surface area contributed by atoms with E-state index in [4.69, 9.17) is 19.9 Å². The van der Waals surface area contributed by atoms with Crippen molar-refractivity contribution in [1.29, 1.82) is 0 Å². The molecule has 45 heavy (non-hydrogen) atoms. The van der Waals surface area contributed by atoms with E-state index in [9.17, 15) is 24.3 Å². The zero-order valence-electron chi connectivity index (χ0n) is 25.2. The predicted octanol–water partition coefficient (Wildman–Crippen LogP) is 3.43. The number of esters is 1. The maximum atomic E-state index is 17.1. The molecule has 0 aromatic heterocycles. The fourth-order valence-electron chi connectivity index (χ4n) is 8.30. The molecule has 0 heterocycles. The predicted molar refractivity (Wildman–Crippen MR) is 153 cm³/mol. The zero-order chi connectivity index (χ0) is 32.6. The van der Waals surface area contributed by atoms with Crippen LogP contribution in [0.5, 0.6) is 5.75 Å². The van der Waals surface area contributed by atoms with Crippen LogP contribution < -0.4 is 10.1 Å². The van der Waals surface area contributed by atoms with Crippen LogP contribution in [-0.4, -0.2) is 76.1 Å². The fraction of sp³-hybridized carbons (Fsp3) is 0.562. The molecule has 0 spiro atoms. The van der Waals surface area contributed by atoms with Crippen molar-refractivity contribution >= 4 is 23.6 Å². The van der Waals surface area contributed by atoms with Crippen molar-refractivity contribution in [1.82, 2.24) is 10.7 Å². The van der Waals surface area contributed by atoms with E-state index < -0.39 is 59.7 Å². The first-order valence-electron chi connectivity index (χ1n) is 15.1. The molecule has 244 valence electrons. The summed E-state index contributed by atoms with van der Waals surface area (Å²) >= 11 is 0. The first kappa shape index (κ1) is 32.9. The molecule has 5 rings (SSSR count). The number of alkyl halides is 1. The molecular formula is C32H39FN2O10. The van der Waals surface area contributed by atoms with Crippen molar-refractivity contribution in [3.05, 3.63) is 53.6 Å². The molecule has 0 radical (unpaired) electrons. The molecule has 3 unspecified atom stereocenters. The second-order valence-electron chi connectivity index (χ2n) is 12.8. The van der Waals surface area contributed by atoms with Gasteiger partial charge in [0, 0.05) is 17.3 Å². The summed E-state index contributed by atoms with van der Waals surface area (Å²) in [5.74, 6) is -2.30. The number of carbonyl (C=O) groups excluding carboxylic acids is 4. The van der Waals surface area contributed by atoms with Gasteiger partial charge in [0.25, 0.3) is 0 Å². The van der Waals surface area contributed by atoms with E-state index in [1.165, 1.54) is 24.3 Å². The number of nitrogens with zero attached hydrogens (tertiary/aromatic N) is 1. The van der Waals surface area contributed by atoms with Crippen molar-refractivity contribution in [3.63, 3.8) is 0 Å². The van der Waals surface area contributed by atoms with Gasteiger partial charge in [-0.05, 0) is 86.6 Å². The summed E-state index contributed by atoms with van der Waals surface area (Å²) in [6, 6.07) is 6.33. The fourth-order valence-corrected chi connectivity index (χ4v) is 8.30. The second-order valence-corrected chi connectivity index (χ2v) is 12.8. The summed E-state index contributed by atoms with van der Waals surface area (Å²) in [6.07, 6.45) is 4.78. The van der Waals surface area contributed by atoms with Crippen molar-refractivity contribution < 1.29 is 53.4 Å². The molecule has 1 amide bonds. The minimum atomic E-state index is -1.97. The van der Waals surface area contributed by atoms with Crippen LogP contribution in [0.25, 0.3) is 0 Å². The maximum Gasteiger partial charge on any atom is 0.413 e. The van der Waals surface area contributed by atoms with E-state index in [2.05, 4.69) is 10.2 Å². The smallest absolute Gasteiger partial charge is 0.413 e. The number of halogens is 1. The summed E-state index contributed by atoms with van der Waals surface area (Å²) in [6.45, 7) is 2.65. The SMILES string of the molecule is C[C@]12C[C@H](O)C3(F)[C@@H](CCC4=CC(=O)C=C[C@@]43C)C1CCC2C(=O)COC(=O)CNC(=O)Oc1ccc(CCON(O)O)cc1. The minimum absolute atomic E-state index is 0.0135. The number of benzene rings is 1. The van der Waals surface area contributed by atoms with Gasteiger partial charge in [-0.1, -0.05) is 30.7 Å². The van der Waals surface area contributed by atoms with E-state index >= 15 is 4.39 Å². The van der Waals surface area contributed by atoms with Crippen molar-refractivity contribution in [2.75, 3.05) is 19.8 Å². The van der Waals surface area contributed by atoms with Gasteiger partial charge < -0.3 is 19.9 Å². The summed E-state index contributed by atoms with van der Waals surface area (Å²) in [7, 11) is 0. The first-order valence-corrected chi connectivity index (χ1v) is 15.1. The summed E-state index contributed by atoms with van der Waals surface area (Å²) < 4.78 is 27.4. The molecule has 0 saturated heterocycles. The molecule has 1 aromatic rings. The molecule has 3 fully saturated rings. The molecule has 7 atom stereocenters. The van der Waals surface area contributed by atoms with E-state index in [0.717, 1.165) is 5.56 Å². The third kappa shape index (κ3) is 6.19. The van der Waals surface area contributed by atoms with Crippen LogP contribution in [-0.2, 0) is 30.4 Å². The van der Waals surface area contributed by atoms with E-state index in [-0.39, 0.29) is 41.7 Å². The van der Waals surface area contributed by atoms with Gasteiger partial charge in [-0.15, -0.1) is 0 Å². The third-order valence-corrected chi connectivity index (χ3v) is 10.5. The van der Waals surface area contributed by atoms with Gasteiger partial charge in [0.2, 0.25) is 0 Å². The Morgan fingerprint density at radius 2 is 1.82 bits per heavy atom. The number of rotatable bonds is 10. The number of ketones is 2. The monoisotopic (exact) mass is 630 g/mol. The van der Waals surface area contributed by atoms with Crippen LogP contribution in [0.2, 0.25) is 0 Å². The number of hydrogen-bond donors (Lipinski definition) is 4. The molecule has 13 heteroatoms. The molecule has 0 bridgehead atoms. The lowest BCUT2D eigenvalue weighted by Gasteiger charge is -2.62. The van der Waals surface area contributed by atoms with Crippen LogP contribution in [0, 0.1) is 28.6 Å². The highest BCUT2D eigenvalue weighted by Gasteiger charge is 2.70. The number of aliphatic hydroxyl groups is 1. The van der Waals surface area contributed by atoms with Gasteiger partial charge in [0.05, 0.1) is 18.1 Å². The number of aliphatic hydroxyl groups excluding tert-OH is 1. The number of ether oxygens (including phenoxy) is 2. The number of nitrogens with one attached hydrogen (secondary N) is 1. The highest BCUT2D eigenvalue weighted by molar-refractivity contribution is 6.01. The van der Waals surface area contributed by atoms with E-state index in [1.54, 1.807) is 25.1 Å². The lowest BCUT2D eigenvalue weighted by molar-refractivity contribution is -0.492. The average molecular weight is 631 g/mol. The Morgan fingerprint density at radius 1 is 1.09 bits per heavy atom. The zero-order valence-corrected chi connectivity index (χ0v) is 25.2. The number of carbonyl (C=O) groups is 4. The number of Topliss-reactive ketones (excluding diaryl/α,β-unsaturated/α-hetero) is 1. The Morgan fingerprint density at radius 3 is 2.53 bits per heavy atom. The number of fused-ring (bicyclic) bond motifs is 5. The normalized spacial score (nSPS) is 33.5. The minimum Gasteiger partial charge on any atom is -0.456 e. The molecular weight excluding hydrogens is 591 g/mol. The first-order chi connectivity index (χ1) is 21.3. The molecule has 1 aromatic carbocycles. The standard InChI is InChI=1S/C32H39FN2O10/c1-30-16-27(38)32(33)24(8-5-20-15-21(36)11-13-31(20,32)2)23(30)9-10-25(30)26(37)18-43-28(39)17-34-29(40)45-22-6-3-19(4-7-22)12-14-44-35(41)42/h3-4,6-7,11,13,15,23-25,27,38,41-42H,5,8-10,12,14,16-18H2,1-2H3,(H,34,40)/t23?,24-,25?,27-,30-,31-,32?/m0/s1. The molecule has 4 N–H and O–H groups in total. The van der Waals surface area contributed by atoms with Crippen LogP contribution in [0.3, 0.4) is 0 Å². The number of amides is 1. The van der Waals surface area contributed by atoms with Gasteiger partial charge >= 0.3 is 12.1 Å². The van der Waals surface area contributed by atoms with Gasteiger partial charge in [-0.3, -0.25) is 29.6 Å². The Hall–Kier alpha value is -3.49. The quantitative estimate of drug-likeness (QED) is 0.220. The Kier molecular flexibility index (Phi) is 9.30. The lowest BCUT2D eigenvalue weighted by atomic mass is 9.45. The van der Waals surface area contributed by atoms with Crippen LogP contribution in [0.15, 0.2) is 48.1 Å². The largest absolute Gasteiger partial charge is 0.456 e. The Bertz CT molecular complexity index is 1400. The summed E-state index contributed by atoms with van der Waals surface area (Å²) in [5.41, 5.74) is -2.27. The molecule has 12 nitrogen and oxygen atoms in total. The second kappa shape index (κ2) is 12.7. The Labute approximate surface area is 259 Å².